The molecule has 0 aromatic heterocycles. The molecule has 0 aliphatic carbocycles. The standard InChI is InChI=1S/C9H16N4O4/c1-16-6-17-8-5-13(9(14)15)3-2-7(8)4-11-12-10/h7-8,10H,2-6H2,1H3/p+1. The van der Waals surface area contributed by atoms with Crippen molar-refractivity contribution in [3.05, 3.63) is 0 Å². The Morgan fingerprint density at radius 2 is 2.47 bits per heavy atom. The Morgan fingerprint density at radius 1 is 1.71 bits per heavy atom. The number of rotatable bonds is 5. The van der Waals surface area contributed by atoms with Crippen molar-refractivity contribution < 1.29 is 19.4 Å². The van der Waals surface area contributed by atoms with Gasteiger partial charge in [-0.25, -0.2) is 4.79 Å². The number of nitrogens with zero attached hydrogens (tertiary/aromatic N) is 3. The molecule has 1 aliphatic rings. The maximum atomic E-state index is 10.9. The van der Waals surface area contributed by atoms with Crippen LogP contribution in [0.1, 0.15) is 6.42 Å². The number of likely N-dealkylation sites (tertiary alicyclic amines) is 1. The molecule has 1 fully saturated rings. The average Bonchev–Trinajstić information content (AvgIpc) is 2.34. The third-order valence-electron chi connectivity index (χ3n) is 2.75. The van der Waals surface area contributed by atoms with Crippen LogP contribution in [-0.2, 0) is 9.47 Å². The summed E-state index contributed by atoms with van der Waals surface area (Å²) in [5.74, 6) is 0.0786. The number of methoxy groups -OCH3 is 1. The van der Waals surface area contributed by atoms with Gasteiger partial charge in [0.1, 0.15) is 24.0 Å². The van der Waals surface area contributed by atoms with Crippen molar-refractivity contribution in [2.75, 3.05) is 33.5 Å². The van der Waals surface area contributed by atoms with E-state index in [1.54, 1.807) is 0 Å². The number of hydrogen-bond donors (Lipinski definition) is 2. The van der Waals surface area contributed by atoms with E-state index in [1.165, 1.54) is 12.0 Å². The Balaban J connectivity index is 2.57. The highest BCUT2D eigenvalue weighted by Crippen LogP contribution is 2.21. The Bertz CT molecular complexity index is 305. The molecule has 2 N–H and O–H groups in total. The van der Waals surface area contributed by atoms with Crippen LogP contribution in [0.4, 0.5) is 4.79 Å². The molecule has 8 nitrogen and oxygen atoms in total. The van der Waals surface area contributed by atoms with Gasteiger partial charge in [0.05, 0.1) is 12.6 Å². The van der Waals surface area contributed by atoms with Crippen molar-refractivity contribution in [2.45, 2.75) is 12.5 Å². The smallest absolute Gasteiger partial charge is 0.407 e. The first kappa shape index (κ1) is 13.6. The number of nitrogens with one attached hydrogen (secondary N) is 1. The highest BCUT2D eigenvalue weighted by molar-refractivity contribution is 5.65. The first-order valence-corrected chi connectivity index (χ1v) is 5.30. The molecule has 2 atom stereocenters. The van der Waals surface area contributed by atoms with Crippen LogP contribution in [0.3, 0.4) is 0 Å². The van der Waals surface area contributed by atoms with Gasteiger partial charge in [-0.2, -0.15) is 0 Å². The van der Waals surface area contributed by atoms with Gasteiger partial charge in [-0.05, 0) is 6.42 Å². The van der Waals surface area contributed by atoms with E-state index in [0.717, 1.165) is 0 Å². The summed E-state index contributed by atoms with van der Waals surface area (Å²) in [7, 11) is 1.51. The summed E-state index contributed by atoms with van der Waals surface area (Å²) in [4.78, 5) is 15.1. The molecule has 0 saturated carbocycles. The third kappa shape index (κ3) is 4.10. The van der Waals surface area contributed by atoms with Gasteiger partial charge in [-0.15, -0.1) is 0 Å². The second-order valence-corrected chi connectivity index (χ2v) is 3.81. The maximum Gasteiger partial charge on any atom is 0.407 e. The molecule has 8 heteroatoms. The summed E-state index contributed by atoms with van der Waals surface area (Å²) in [6.07, 6.45) is -0.554. The van der Waals surface area contributed by atoms with E-state index >= 15 is 0 Å². The van der Waals surface area contributed by atoms with E-state index in [2.05, 4.69) is 10.0 Å². The lowest BCUT2D eigenvalue weighted by Gasteiger charge is -2.35. The minimum atomic E-state index is -0.948. The lowest BCUT2D eigenvalue weighted by Crippen LogP contribution is -2.48. The molecule has 1 heterocycles. The van der Waals surface area contributed by atoms with E-state index in [1.807, 2.05) is 0 Å². The molecule has 0 aromatic carbocycles. The van der Waals surface area contributed by atoms with Crippen molar-refractivity contribution in [1.29, 1.82) is 5.53 Å². The van der Waals surface area contributed by atoms with Crippen LogP contribution < -0.4 is 4.91 Å². The molecule has 0 bridgehead atoms. The van der Waals surface area contributed by atoms with Crippen molar-refractivity contribution in [3.8, 4) is 0 Å². The van der Waals surface area contributed by atoms with Gasteiger partial charge in [0, 0.05) is 19.6 Å². The predicted molar refractivity (Wildman–Crippen MR) is 56.6 cm³/mol. The zero-order valence-corrected chi connectivity index (χ0v) is 9.70. The normalized spacial score (nSPS) is 24.2. The number of ether oxygens (including phenoxy) is 2. The molecule has 1 rings (SSSR count). The first-order chi connectivity index (χ1) is 8.19. The van der Waals surface area contributed by atoms with Crippen molar-refractivity contribution in [3.63, 3.8) is 0 Å². The molecule has 0 aromatic rings. The Kier molecular flexibility index (Phi) is 5.55. The highest BCUT2D eigenvalue weighted by atomic mass is 16.7. The highest BCUT2D eigenvalue weighted by Gasteiger charge is 2.33. The van der Waals surface area contributed by atoms with Gasteiger partial charge in [-0.1, -0.05) is 0 Å². The molecular formula is C9H17N4O4+. The Labute approximate surface area is 98.7 Å². The minimum absolute atomic E-state index is 0.0786. The van der Waals surface area contributed by atoms with Crippen LogP contribution in [0.15, 0.2) is 5.11 Å². The topological polar surface area (TPSA) is 109 Å². The molecule has 1 saturated heterocycles. The molecule has 2 unspecified atom stereocenters. The fourth-order valence-corrected chi connectivity index (χ4v) is 1.84. The Hall–Kier alpha value is -1.50. The summed E-state index contributed by atoms with van der Waals surface area (Å²) in [6, 6.07) is 0. The quantitative estimate of drug-likeness (QED) is 0.418. The van der Waals surface area contributed by atoms with E-state index in [4.69, 9.17) is 20.1 Å². The van der Waals surface area contributed by atoms with Gasteiger partial charge in [0.2, 0.25) is 4.91 Å². The van der Waals surface area contributed by atoms with E-state index < -0.39 is 6.09 Å². The number of amides is 1. The summed E-state index contributed by atoms with van der Waals surface area (Å²) < 4.78 is 10.2. The number of carbonyl (C=O) groups is 1. The monoisotopic (exact) mass is 245 g/mol. The molecule has 0 spiro atoms. The summed E-state index contributed by atoms with van der Waals surface area (Å²) in [5.41, 5.74) is 6.62. The summed E-state index contributed by atoms with van der Waals surface area (Å²) in [6.45, 7) is 1.26. The fraction of sp³-hybridized carbons (Fsp3) is 0.889. The van der Waals surface area contributed by atoms with Gasteiger partial charge in [-0.3, -0.25) is 0 Å². The van der Waals surface area contributed by atoms with Gasteiger partial charge < -0.3 is 19.5 Å². The van der Waals surface area contributed by atoms with Crippen molar-refractivity contribution in [2.24, 2.45) is 11.0 Å². The fourth-order valence-electron chi connectivity index (χ4n) is 1.84. The van der Waals surface area contributed by atoms with Gasteiger partial charge >= 0.3 is 6.09 Å². The lowest BCUT2D eigenvalue weighted by molar-refractivity contribution is -0.108. The minimum Gasteiger partial charge on any atom is -0.465 e. The molecule has 1 amide bonds. The predicted octanol–water partition coefficient (Wildman–Crippen LogP) is 0.526. The average molecular weight is 245 g/mol. The zero-order valence-electron chi connectivity index (χ0n) is 9.70. The van der Waals surface area contributed by atoms with Crippen LogP contribution in [0.5, 0.6) is 0 Å². The molecule has 17 heavy (non-hydrogen) atoms. The van der Waals surface area contributed by atoms with Crippen molar-refractivity contribution >= 4 is 6.09 Å². The van der Waals surface area contributed by atoms with Crippen LogP contribution in [0, 0.1) is 11.4 Å². The van der Waals surface area contributed by atoms with Crippen LogP contribution in [0.2, 0.25) is 0 Å². The largest absolute Gasteiger partial charge is 0.465 e. The van der Waals surface area contributed by atoms with E-state index in [9.17, 15) is 4.79 Å². The van der Waals surface area contributed by atoms with Crippen LogP contribution >= 0.6 is 0 Å². The summed E-state index contributed by atoms with van der Waals surface area (Å²) in [5, 5.41) is 12.5. The second kappa shape index (κ2) is 6.95. The molecular weight excluding hydrogens is 228 g/mol. The van der Waals surface area contributed by atoms with Crippen LogP contribution in [-0.4, -0.2) is 55.7 Å². The number of carboxylic acid groups (broad SMARTS) is 1. The SMILES string of the molecule is COCOC1CN(C(=O)O)CCC1CN=[N+]=N. The third-order valence-corrected chi connectivity index (χ3v) is 2.75. The second-order valence-electron chi connectivity index (χ2n) is 3.81. The van der Waals surface area contributed by atoms with Gasteiger partial charge in [0.15, 0.2) is 0 Å². The lowest BCUT2D eigenvalue weighted by atomic mass is 9.94. The van der Waals surface area contributed by atoms with E-state index in [0.29, 0.717) is 26.1 Å². The molecule has 0 radical (unpaired) electrons. The zero-order chi connectivity index (χ0) is 12.7. The maximum absolute atomic E-state index is 10.9. The first-order valence-electron chi connectivity index (χ1n) is 5.30. The van der Waals surface area contributed by atoms with Crippen molar-refractivity contribution in [1.82, 2.24) is 9.81 Å². The molecule has 1 aliphatic heterocycles. The number of piperidine rings is 1. The number of hydrogen-bond acceptors (Lipinski definition) is 5. The van der Waals surface area contributed by atoms with Crippen LogP contribution in [0.25, 0.3) is 0 Å². The van der Waals surface area contributed by atoms with E-state index in [-0.39, 0.29) is 18.8 Å². The Morgan fingerprint density at radius 3 is 3.06 bits per heavy atom. The summed E-state index contributed by atoms with van der Waals surface area (Å²) >= 11 is 0. The molecule has 96 valence electrons. The van der Waals surface area contributed by atoms with Gasteiger partial charge in [0.25, 0.3) is 0 Å².